The zero-order valence-electron chi connectivity index (χ0n) is 15.2. The van der Waals surface area contributed by atoms with Crippen molar-refractivity contribution in [3.05, 3.63) is 59.9 Å². The third-order valence-electron chi connectivity index (χ3n) is 4.91. The van der Waals surface area contributed by atoms with Crippen LogP contribution in [0.1, 0.15) is 28.8 Å². The molecule has 5 nitrogen and oxygen atoms in total. The highest BCUT2D eigenvalue weighted by atomic mass is 79.9. The standard InChI is InChI=1S/C21H21BrN4O/c1-14-2-5-17(6-3-14)25-20-18-7-4-15(12-19(18)23-13-24-20)21(27)26-10-8-16(22)9-11-26/h2-7,12-13,16H,8-11H2,1H3,(H,23,24,25). The van der Waals surface area contributed by atoms with Gasteiger partial charge in [0.25, 0.3) is 5.91 Å². The molecule has 0 atom stereocenters. The van der Waals surface area contributed by atoms with Gasteiger partial charge in [0.15, 0.2) is 0 Å². The molecule has 138 valence electrons. The second-order valence-corrected chi connectivity index (χ2v) is 8.21. The quantitative estimate of drug-likeness (QED) is 0.619. The summed E-state index contributed by atoms with van der Waals surface area (Å²) in [6.07, 6.45) is 3.52. The van der Waals surface area contributed by atoms with Crippen molar-refractivity contribution in [2.75, 3.05) is 18.4 Å². The van der Waals surface area contributed by atoms with Crippen molar-refractivity contribution in [2.24, 2.45) is 0 Å². The van der Waals surface area contributed by atoms with Crippen LogP contribution < -0.4 is 5.32 Å². The van der Waals surface area contributed by atoms with E-state index in [-0.39, 0.29) is 5.91 Å². The number of carbonyl (C=O) groups is 1. The number of halogens is 1. The van der Waals surface area contributed by atoms with E-state index in [0.717, 1.165) is 48.3 Å². The van der Waals surface area contributed by atoms with Crippen molar-refractivity contribution in [3.63, 3.8) is 0 Å². The van der Waals surface area contributed by atoms with Gasteiger partial charge in [0.2, 0.25) is 0 Å². The van der Waals surface area contributed by atoms with Gasteiger partial charge < -0.3 is 10.2 Å². The van der Waals surface area contributed by atoms with Crippen molar-refractivity contribution < 1.29 is 4.79 Å². The number of alkyl halides is 1. The second-order valence-electron chi connectivity index (χ2n) is 6.91. The number of piperidine rings is 1. The number of likely N-dealkylation sites (tertiary alicyclic amines) is 1. The molecule has 1 saturated heterocycles. The number of hydrogen-bond acceptors (Lipinski definition) is 4. The van der Waals surface area contributed by atoms with E-state index in [0.29, 0.717) is 10.4 Å². The number of rotatable bonds is 3. The summed E-state index contributed by atoms with van der Waals surface area (Å²) in [4.78, 5) is 24.0. The second kappa shape index (κ2) is 7.64. The summed E-state index contributed by atoms with van der Waals surface area (Å²) in [5, 5.41) is 4.24. The first-order valence-electron chi connectivity index (χ1n) is 9.12. The van der Waals surface area contributed by atoms with Crippen LogP contribution in [-0.4, -0.2) is 38.7 Å². The minimum atomic E-state index is 0.0722. The van der Waals surface area contributed by atoms with Crippen LogP contribution in [0.5, 0.6) is 0 Å². The van der Waals surface area contributed by atoms with Crippen LogP contribution in [0.25, 0.3) is 10.9 Å². The van der Waals surface area contributed by atoms with Crippen molar-refractivity contribution in [3.8, 4) is 0 Å². The Balaban J connectivity index is 1.60. The largest absolute Gasteiger partial charge is 0.340 e. The number of anilines is 2. The first-order valence-corrected chi connectivity index (χ1v) is 10.0. The van der Waals surface area contributed by atoms with Gasteiger partial charge in [-0.15, -0.1) is 0 Å². The number of fused-ring (bicyclic) bond motifs is 1. The lowest BCUT2D eigenvalue weighted by Crippen LogP contribution is -2.38. The summed E-state index contributed by atoms with van der Waals surface area (Å²) in [7, 11) is 0. The minimum absolute atomic E-state index is 0.0722. The van der Waals surface area contributed by atoms with Gasteiger partial charge in [-0.1, -0.05) is 33.6 Å². The van der Waals surface area contributed by atoms with Crippen molar-refractivity contribution in [2.45, 2.75) is 24.6 Å². The minimum Gasteiger partial charge on any atom is -0.340 e. The molecule has 2 aromatic carbocycles. The Bertz CT molecular complexity index is 966. The summed E-state index contributed by atoms with van der Waals surface area (Å²) in [6, 6.07) is 13.8. The molecule has 1 N–H and O–H groups in total. The van der Waals surface area contributed by atoms with Crippen molar-refractivity contribution >= 4 is 44.2 Å². The number of hydrogen-bond donors (Lipinski definition) is 1. The molecule has 3 aromatic rings. The zero-order chi connectivity index (χ0) is 18.8. The number of benzene rings is 2. The van der Waals surface area contributed by atoms with Crippen LogP contribution >= 0.6 is 15.9 Å². The fourth-order valence-electron chi connectivity index (χ4n) is 3.30. The Kier molecular flexibility index (Phi) is 5.07. The van der Waals surface area contributed by atoms with E-state index in [1.807, 2.05) is 35.2 Å². The van der Waals surface area contributed by atoms with E-state index in [1.54, 1.807) is 0 Å². The lowest BCUT2D eigenvalue weighted by molar-refractivity contribution is 0.0728. The molecular formula is C21H21BrN4O. The number of aryl methyl sites for hydroxylation is 1. The summed E-state index contributed by atoms with van der Waals surface area (Å²) in [5.41, 5.74) is 3.62. The van der Waals surface area contributed by atoms with E-state index in [2.05, 4.69) is 50.3 Å². The third-order valence-corrected chi connectivity index (χ3v) is 5.83. The molecule has 6 heteroatoms. The van der Waals surface area contributed by atoms with E-state index in [9.17, 15) is 4.79 Å². The number of nitrogens with zero attached hydrogens (tertiary/aromatic N) is 3. The molecule has 1 aliphatic rings. The first kappa shape index (κ1) is 17.9. The van der Waals surface area contributed by atoms with Crippen LogP contribution in [0.2, 0.25) is 0 Å². The van der Waals surface area contributed by atoms with Gasteiger partial charge in [-0.05, 0) is 50.1 Å². The molecule has 2 heterocycles. The molecular weight excluding hydrogens is 404 g/mol. The van der Waals surface area contributed by atoms with Crippen molar-refractivity contribution in [1.29, 1.82) is 0 Å². The molecule has 1 aliphatic heterocycles. The average Bonchev–Trinajstić information content (AvgIpc) is 2.69. The van der Waals surface area contributed by atoms with Gasteiger partial charge >= 0.3 is 0 Å². The highest BCUT2D eigenvalue weighted by molar-refractivity contribution is 9.09. The maximum atomic E-state index is 12.8. The maximum absolute atomic E-state index is 12.8. The van der Waals surface area contributed by atoms with Gasteiger partial charge in [-0.3, -0.25) is 4.79 Å². The molecule has 1 fully saturated rings. The Hall–Kier alpha value is -2.47. The Morgan fingerprint density at radius 1 is 1.11 bits per heavy atom. The lowest BCUT2D eigenvalue weighted by Gasteiger charge is -2.29. The van der Waals surface area contributed by atoms with Crippen LogP contribution in [0.3, 0.4) is 0 Å². The Morgan fingerprint density at radius 3 is 2.59 bits per heavy atom. The number of nitrogens with one attached hydrogen (secondary N) is 1. The lowest BCUT2D eigenvalue weighted by atomic mass is 10.1. The fourth-order valence-corrected chi connectivity index (χ4v) is 3.71. The van der Waals surface area contributed by atoms with Gasteiger partial charge in [0, 0.05) is 34.6 Å². The van der Waals surface area contributed by atoms with Crippen LogP contribution in [-0.2, 0) is 0 Å². The number of carbonyl (C=O) groups excluding carboxylic acids is 1. The summed E-state index contributed by atoms with van der Waals surface area (Å²) in [5.74, 6) is 0.811. The molecule has 1 aromatic heterocycles. The molecule has 0 aliphatic carbocycles. The third kappa shape index (κ3) is 3.95. The smallest absolute Gasteiger partial charge is 0.253 e. The van der Waals surface area contributed by atoms with Crippen LogP contribution in [0, 0.1) is 6.92 Å². The Labute approximate surface area is 166 Å². The molecule has 27 heavy (non-hydrogen) atoms. The van der Waals surface area contributed by atoms with Gasteiger partial charge in [-0.25, -0.2) is 9.97 Å². The number of aromatic nitrogens is 2. The maximum Gasteiger partial charge on any atom is 0.253 e. The zero-order valence-corrected chi connectivity index (χ0v) is 16.7. The SMILES string of the molecule is Cc1ccc(Nc2ncnc3cc(C(=O)N4CCC(Br)CC4)ccc23)cc1. The topological polar surface area (TPSA) is 58.1 Å². The van der Waals surface area contributed by atoms with Crippen LogP contribution in [0.15, 0.2) is 48.8 Å². The monoisotopic (exact) mass is 424 g/mol. The van der Waals surface area contributed by atoms with Crippen LogP contribution in [0.4, 0.5) is 11.5 Å². The van der Waals surface area contributed by atoms with Gasteiger partial charge in [-0.2, -0.15) is 0 Å². The highest BCUT2D eigenvalue weighted by Crippen LogP contribution is 2.25. The predicted molar refractivity (Wildman–Crippen MR) is 112 cm³/mol. The average molecular weight is 425 g/mol. The number of amides is 1. The summed E-state index contributed by atoms with van der Waals surface area (Å²) >= 11 is 3.63. The predicted octanol–water partition coefficient (Wildman–Crippen LogP) is 4.68. The molecule has 1 amide bonds. The highest BCUT2D eigenvalue weighted by Gasteiger charge is 2.22. The Morgan fingerprint density at radius 2 is 1.85 bits per heavy atom. The summed E-state index contributed by atoms with van der Waals surface area (Å²) < 4.78 is 0. The van der Waals surface area contributed by atoms with Crippen molar-refractivity contribution in [1.82, 2.24) is 14.9 Å². The normalized spacial score (nSPS) is 15.1. The fraction of sp³-hybridized carbons (Fsp3) is 0.286. The van der Waals surface area contributed by atoms with Gasteiger partial charge in [0.1, 0.15) is 12.1 Å². The van der Waals surface area contributed by atoms with E-state index < -0.39 is 0 Å². The molecule has 0 saturated carbocycles. The molecule has 0 bridgehead atoms. The molecule has 0 unspecified atom stereocenters. The van der Waals surface area contributed by atoms with E-state index in [1.165, 1.54) is 11.9 Å². The van der Waals surface area contributed by atoms with E-state index >= 15 is 0 Å². The first-order chi connectivity index (χ1) is 13.1. The van der Waals surface area contributed by atoms with Gasteiger partial charge in [0.05, 0.1) is 5.52 Å². The summed E-state index contributed by atoms with van der Waals surface area (Å²) in [6.45, 7) is 3.64. The van der Waals surface area contributed by atoms with E-state index in [4.69, 9.17) is 0 Å². The molecule has 0 radical (unpaired) electrons. The molecule has 4 rings (SSSR count). The molecule has 0 spiro atoms.